The van der Waals surface area contributed by atoms with Gasteiger partial charge in [-0.25, -0.2) is 0 Å². The molecule has 0 spiro atoms. The Morgan fingerprint density at radius 1 is 0.919 bits per heavy atom. The van der Waals surface area contributed by atoms with Gasteiger partial charge in [-0.05, 0) is 19.3 Å². The quantitative estimate of drug-likeness (QED) is 0.270. The number of aliphatic hydroxyl groups excluding tert-OH is 1. The van der Waals surface area contributed by atoms with Crippen LogP contribution in [-0.2, 0) is 38.1 Å². The van der Waals surface area contributed by atoms with Gasteiger partial charge in [-0.1, -0.05) is 77.6 Å². The van der Waals surface area contributed by atoms with Crippen molar-refractivity contribution in [2.24, 2.45) is 0 Å². The van der Waals surface area contributed by atoms with Crippen molar-refractivity contribution in [2.75, 3.05) is 6.61 Å². The first-order chi connectivity index (χ1) is 17.8. The highest BCUT2D eigenvalue weighted by Crippen LogP contribution is 2.30. The van der Waals surface area contributed by atoms with E-state index in [1.54, 1.807) is 0 Å². The van der Waals surface area contributed by atoms with E-state index in [0.29, 0.717) is 6.42 Å². The van der Waals surface area contributed by atoms with Crippen LogP contribution in [0.4, 0.5) is 0 Å². The summed E-state index contributed by atoms with van der Waals surface area (Å²) in [6.45, 7) is 4.42. The Balaban J connectivity index is 2.28. The monoisotopic (exact) mass is 528 g/mol. The molecule has 2 aliphatic heterocycles. The molecular weight excluding hydrogens is 480 g/mol. The van der Waals surface area contributed by atoms with Gasteiger partial charge in [0, 0.05) is 20.3 Å². The fraction of sp³-hybridized carbons (Fsp3) is 0.893. The number of hydrogen-bond donors (Lipinski definition) is 1. The van der Waals surface area contributed by atoms with Gasteiger partial charge >= 0.3 is 17.9 Å². The van der Waals surface area contributed by atoms with Crippen LogP contribution in [0.2, 0.25) is 0 Å². The van der Waals surface area contributed by atoms with E-state index in [-0.39, 0.29) is 19.1 Å². The Labute approximate surface area is 221 Å². The van der Waals surface area contributed by atoms with Crippen molar-refractivity contribution in [3.63, 3.8) is 0 Å². The topological polar surface area (TPSA) is 118 Å². The van der Waals surface area contributed by atoms with E-state index in [9.17, 15) is 19.5 Å². The Kier molecular flexibility index (Phi) is 15.1. The van der Waals surface area contributed by atoms with E-state index < -0.39 is 48.6 Å². The number of carbonyl (C=O) groups excluding carboxylic acids is 3. The van der Waals surface area contributed by atoms with Crippen LogP contribution in [-0.4, -0.2) is 66.4 Å². The maximum absolute atomic E-state index is 12.8. The summed E-state index contributed by atoms with van der Waals surface area (Å²) in [5.74, 6) is -1.60. The van der Waals surface area contributed by atoms with Gasteiger partial charge < -0.3 is 28.8 Å². The molecule has 6 atom stereocenters. The lowest BCUT2D eigenvalue weighted by Crippen LogP contribution is -2.62. The Bertz CT molecular complexity index is 683. The second-order valence-electron chi connectivity index (χ2n) is 10.3. The SMILES string of the molecule is CCCCCCC1CCCCCCCCCCC(=O)OC2C(O1)OC(COC(C)=O)C(O)C2OC(C)=O. The minimum Gasteiger partial charge on any atom is -0.463 e. The van der Waals surface area contributed by atoms with Crippen molar-refractivity contribution >= 4 is 17.9 Å². The van der Waals surface area contributed by atoms with Gasteiger partial charge in [0.1, 0.15) is 18.8 Å². The second kappa shape index (κ2) is 17.7. The number of esters is 3. The van der Waals surface area contributed by atoms with Crippen molar-refractivity contribution in [3.8, 4) is 0 Å². The lowest BCUT2D eigenvalue weighted by Gasteiger charge is -2.44. The van der Waals surface area contributed by atoms with Gasteiger partial charge in [-0.2, -0.15) is 0 Å². The first-order valence-corrected chi connectivity index (χ1v) is 14.3. The second-order valence-corrected chi connectivity index (χ2v) is 10.3. The molecule has 0 radical (unpaired) electrons. The molecule has 0 aromatic heterocycles. The summed E-state index contributed by atoms with van der Waals surface area (Å²) in [7, 11) is 0. The normalized spacial score (nSPS) is 30.5. The van der Waals surface area contributed by atoms with Crippen LogP contribution < -0.4 is 0 Å². The summed E-state index contributed by atoms with van der Waals surface area (Å²) >= 11 is 0. The third kappa shape index (κ3) is 12.1. The third-order valence-electron chi connectivity index (χ3n) is 7.00. The average molecular weight is 529 g/mol. The van der Waals surface area contributed by atoms with Crippen LogP contribution in [0, 0.1) is 0 Å². The molecule has 0 saturated carbocycles. The molecule has 2 fully saturated rings. The minimum absolute atomic E-state index is 0.140. The van der Waals surface area contributed by atoms with E-state index in [0.717, 1.165) is 70.6 Å². The number of unbranched alkanes of at least 4 members (excludes halogenated alkanes) is 3. The number of rotatable bonds is 8. The van der Waals surface area contributed by atoms with Crippen LogP contribution >= 0.6 is 0 Å². The van der Waals surface area contributed by atoms with Gasteiger partial charge in [-0.15, -0.1) is 0 Å². The molecular formula is C28H48O9. The molecule has 214 valence electrons. The fourth-order valence-electron chi connectivity index (χ4n) is 4.97. The molecule has 0 aromatic rings. The first kappa shape index (κ1) is 31.5. The van der Waals surface area contributed by atoms with Crippen LogP contribution in [0.15, 0.2) is 0 Å². The zero-order chi connectivity index (χ0) is 27.0. The predicted octanol–water partition coefficient (Wildman–Crippen LogP) is 4.75. The molecule has 37 heavy (non-hydrogen) atoms. The Hall–Kier alpha value is -1.71. The molecule has 0 bridgehead atoms. The van der Waals surface area contributed by atoms with Gasteiger partial charge in [0.2, 0.25) is 0 Å². The maximum Gasteiger partial charge on any atom is 0.306 e. The molecule has 2 aliphatic rings. The highest BCUT2D eigenvalue weighted by Gasteiger charge is 2.51. The molecule has 1 N–H and O–H groups in total. The fourth-order valence-corrected chi connectivity index (χ4v) is 4.97. The van der Waals surface area contributed by atoms with E-state index in [2.05, 4.69) is 6.92 Å². The first-order valence-electron chi connectivity index (χ1n) is 14.3. The summed E-state index contributed by atoms with van der Waals surface area (Å²) in [5, 5.41) is 11.0. The van der Waals surface area contributed by atoms with Crippen molar-refractivity contribution < 1.29 is 43.2 Å². The molecule has 0 aromatic carbocycles. The average Bonchev–Trinajstić information content (AvgIpc) is 2.84. The van der Waals surface area contributed by atoms with Crippen LogP contribution in [0.25, 0.3) is 0 Å². The third-order valence-corrected chi connectivity index (χ3v) is 7.00. The molecule has 2 rings (SSSR count). The summed E-state index contributed by atoms with van der Waals surface area (Å²) in [4.78, 5) is 36.1. The molecule has 0 amide bonds. The molecule has 6 unspecified atom stereocenters. The van der Waals surface area contributed by atoms with Crippen LogP contribution in [0.5, 0.6) is 0 Å². The molecule has 9 nitrogen and oxygen atoms in total. The van der Waals surface area contributed by atoms with E-state index in [1.165, 1.54) is 26.7 Å². The number of fused-ring (bicyclic) bond motifs is 1. The molecule has 0 aliphatic carbocycles. The van der Waals surface area contributed by atoms with Crippen molar-refractivity contribution in [2.45, 2.75) is 154 Å². The van der Waals surface area contributed by atoms with Crippen molar-refractivity contribution in [1.82, 2.24) is 0 Å². The Morgan fingerprint density at radius 3 is 2.24 bits per heavy atom. The van der Waals surface area contributed by atoms with Crippen molar-refractivity contribution in [1.29, 1.82) is 0 Å². The van der Waals surface area contributed by atoms with Gasteiger partial charge in [0.15, 0.2) is 18.5 Å². The maximum atomic E-state index is 12.8. The van der Waals surface area contributed by atoms with Gasteiger partial charge in [0.05, 0.1) is 6.10 Å². The number of ether oxygens (including phenoxy) is 5. The van der Waals surface area contributed by atoms with E-state index >= 15 is 0 Å². The largest absolute Gasteiger partial charge is 0.463 e. The van der Waals surface area contributed by atoms with Crippen LogP contribution in [0.1, 0.15) is 117 Å². The highest BCUT2D eigenvalue weighted by molar-refractivity contribution is 5.70. The smallest absolute Gasteiger partial charge is 0.306 e. The minimum atomic E-state index is -1.37. The van der Waals surface area contributed by atoms with E-state index in [4.69, 9.17) is 23.7 Å². The summed E-state index contributed by atoms with van der Waals surface area (Å²) in [5.41, 5.74) is 0. The summed E-state index contributed by atoms with van der Waals surface area (Å²) in [6.07, 6.45) is 8.77. The van der Waals surface area contributed by atoms with Gasteiger partial charge in [-0.3, -0.25) is 14.4 Å². The standard InChI is InChI=1S/C28H48O9/c1-4-5-6-13-16-22-17-14-11-9-7-8-10-12-15-18-24(31)37-27-26(34-21(3)30)25(32)23(19-33-20(2)29)36-28(27)35-22/h22-23,25-28,32H,4-19H2,1-3H3. The summed E-state index contributed by atoms with van der Waals surface area (Å²) < 4.78 is 28.8. The molecule has 2 heterocycles. The lowest BCUT2D eigenvalue weighted by molar-refractivity contribution is -0.316. The Morgan fingerprint density at radius 2 is 1.59 bits per heavy atom. The number of aliphatic hydroxyl groups is 1. The summed E-state index contributed by atoms with van der Waals surface area (Å²) in [6, 6.07) is 0. The van der Waals surface area contributed by atoms with Crippen LogP contribution in [0.3, 0.4) is 0 Å². The number of carbonyl (C=O) groups is 3. The predicted molar refractivity (Wildman–Crippen MR) is 137 cm³/mol. The van der Waals surface area contributed by atoms with Crippen molar-refractivity contribution in [3.05, 3.63) is 0 Å². The zero-order valence-corrected chi connectivity index (χ0v) is 23.0. The molecule has 2 saturated heterocycles. The zero-order valence-electron chi connectivity index (χ0n) is 23.0. The highest BCUT2D eigenvalue weighted by atomic mass is 16.7. The lowest BCUT2D eigenvalue weighted by atomic mass is 9.97. The number of hydrogen-bond acceptors (Lipinski definition) is 9. The molecule has 9 heteroatoms. The van der Waals surface area contributed by atoms with Gasteiger partial charge in [0.25, 0.3) is 0 Å². The van der Waals surface area contributed by atoms with E-state index in [1.807, 2.05) is 0 Å².